The number of morpholine rings is 1. The van der Waals surface area contributed by atoms with Gasteiger partial charge in [-0.1, -0.05) is 11.6 Å². The van der Waals surface area contributed by atoms with Crippen LogP contribution in [0, 0.1) is 5.92 Å². The first-order valence-corrected chi connectivity index (χ1v) is 12.9. The van der Waals surface area contributed by atoms with Crippen LogP contribution in [0.3, 0.4) is 0 Å². The van der Waals surface area contributed by atoms with E-state index < -0.39 is 24.1 Å². The Hall–Kier alpha value is -3.11. The van der Waals surface area contributed by atoms with Crippen LogP contribution in [0.2, 0.25) is 5.02 Å². The highest BCUT2D eigenvalue weighted by Gasteiger charge is 2.51. The molecule has 3 atom stereocenters. The van der Waals surface area contributed by atoms with Crippen molar-refractivity contribution in [2.75, 3.05) is 35.2 Å². The number of alkyl halides is 2. The highest BCUT2D eigenvalue weighted by molar-refractivity contribution is 6.33. The number of hydrogen-bond acceptors (Lipinski definition) is 7. The summed E-state index contributed by atoms with van der Waals surface area (Å²) in [5, 5.41) is 7.44. The van der Waals surface area contributed by atoms with Crippen molar-refractivity contribution in [2.45, 2.75) is 43.4 Å². The van der Waals surface area contributed by atoms with Crippen molar-refractivity contribution in [3.05, 3.63) is 45.8 Å². The lowest BCUT2D eigenvalue weighted by Gasteiger charge is -2.47. The monoisotopic (exact) mass is 529 g/mol. The van der Waals surface area contributed by atoms with Crippen LogP contribution in [-0.4, -0.2) is 53.4 Å². The smallest absolute Gasteiger partial charge is 0.301 e. The Morgan fingerprint density at radius 2 is 1.97 bits per heavy atom. The molecule has 11 heteroatoms. The maximum atomic E-state index is 14.9. The van der Waals surface area contributed by atoms with Crippen LogP contribution in [0.5, 0.6) is 5.75 Å². The quantitative estimate of drug-likeness (QED) is 0.514. The van der Waals surface area contributed by atoms with E-state index in [0.717, 1.165) is 38.2 Å². The summed E-state index contributed by atoms with van der Waals surface area (Å²) < 4.78 is 42.4. The van der Waals surface area contributed by atoms with Crippen molar-refractivity contribution in [2.24, 2.45) is 13.0 Å². The summed E-state index contributed by atoms with van der Waals surface area (Å²) in [7, 11) is 1.61. The zero-order chi connectivity index (χ0) is 25.5. The predicted molar refractivity (Wildman–Crippen MR) is 138 cm³/mol. The van der Waals surface area contributed by atoms with E-state index in [2.05, 4.69) is 20.5 Å². The highest BCUT2D eigenvalue weighted by atomic mass is 35.5. The van der Waals surface area contributed by atoms with Crippen molar-refractivity contribution < 1.29 is 18.3 Å². The number of benzene rings is 1. The van der Waals surface area contributed by atoms with Gasteiger partial charge in [0.05, 0.1) is 46.4 Å². The maximum absolute atomic E-state index is 14.9. The molecule has 6 heterocycles. The van der Waals surface area contributed by atoms with E-state index in [-0.39, 0.29) is 23.9 Å². The third kappa shape index (κ3) is 3.88. The molecule has 4 fully saturated rings. The van der Waals surface area contributed by atoms with Gasteiger partial charge >= 0.3 is 5.92 Å². The topological polar surface area (TPSA) is 80.7 Å². The van der Waals surface area contributed by atoms with E-state index in [1.165, 1.54) is 4.57 Å². The van der Waals surface area contributed by atoms with Crippen LogP contribution in [0.4, 0.5) is 31.7 Å². The Morgan fingerprint density at radius 3 is 2.70 bits per heavy atom. The molecule has 5 aliphatic rings. The van der Waals surface area contributed by atoms with Crippen molar-refractivity contribution >= 4 is 45.4 Å². The highest BCUT2D eigenvalue weighted by Crippen LogP contribution is 2.45. The largest absolute Gasteiger partial charge is 0.480 e. The number of pyridine rings is 2. The normalized spacial score (nSPS) is 25.9. The molecule has 0 amide bonds. The minimum atomic E-state index is -3.09. The van der Waals surface area contributed by atoms with E-state index in [9.17, 15) is 13.6 Å². The first-order valence-electron chi connectivity index (χ1n) is 12.5. The Labute approximate surface area is 216 Å². The molecule has 194 valence electrons. The van der Waals surface area contributed by atoms with Crippen molar-refractivity contribution in [3.63, 3.8) is 0 Å². The second-order valence-electron chi connectivity index (χ2n) is 10.5. The molecule has 2 unspecified atom stereocenters. The van der Waals surface area contributed by atoms with Gasteiger partial charge in [-0.2, -0.15) is 0 Å². The lowest BCUT2D eigenvalue weighted by atomic mass is 9.99. The van der Waals surface area contributed by atoms with Gasteiger partial charge in [0.25, 0.3) is 5.56 Å². The molecule has 3 saturated heterocycles. The summed E-state index contributed by atoms with van der Waals surface area (Å²) in [6.45, 7) is 0.754. The van der Waals surface area contributed by atoms with Gasteiger partial charge < -0.3 is 29.6 Å². The molecular weight excluding hydrogens is 504 g/mol. The molecule has 1 saturated carbocycles. The molecule has 1 aliphatic carbocycles. The molecule has 2 aromatic heterocycles. The molecule has 8 rings (SSSR count). The number of piperidine rings is 1. The van der Waals surface area contributed by atoms with Gasteiger partial charge in [0.15, 0.2) is 6.61 Å². The SMILES string of the molecule is Cn1c(=O)c2c(c3cc(Nc4cc(N5CC6CC(C5)O6)ncc4Cl)ccc31)N[C@@H](C1CC1)C(F)(F)CO2. The third-order valence-electron chi connectivity index (χ3n) is 7.81. The number of ether oxygens (including phenoxy) is 2. The van der Waals surface area contributed by atoms with E-state index in [1.54, 1.807) is 19.3 Å². The fraction of sp³-hybridized carbons (Fsp3) is 0.462. The van der Waals surface area contributed by atoms with Gasteiger partial charge in [-0.15, -0.1) is 0 Å². The van der Waals surface area contributed by atoms with E-state index in [1.807, 2.05) is 18.2 Å². The van der Waals surface area contributed by atoms with Crippen molar-refractivity contribution in [1.29, 1.82) is 0 Å². The van der Waals surface area contributed by atoms with E-state index in [4.69, 9.17) is 21.1 Å². The number of anilines is 4. The van der Waals surface area contributed by atoms with Gasteiger partial charge in [-0.25, -0.2) is 13.8 Å². The Balaban J connectivity index is 1.27. The average molecular weight is 530 g/mol. The van der Waals surface area contributed by atoms with Gasteiger partial charge in [-0.05, 0) is 37.0 Å². The third-order valence-corrected chi connectivity index (χ3v) is 8.11. The fourth-order valence-electron chi connectivity index (χ4n) is 5.68. The molecule has 8 nitrogen and oxygen atoms in total. The summed E-state index contributed by atoms with van der Waals surface area (Å²) in [5.41, 5.74) is 1.84. The summed E-state index contributed by atoms with van der Waals surface area (Å²) in [5.74, 6) is -2.50. The zero-order valence-corrected chi connectivity index (χ0v) is 20.9. The number of hydrogen-bond donors (Lipinski definition) is 2. The lowest BCUT2D eigenvalue weighted by Crippen LogP contribution is -2.57. The summed E-state index contributed by atoms with van der Waals surface area (Å²) >= 11 is 6.49. The van der Waals surface area contributed by atoms with E-state index in [0.29, 0.717) is 33.0 Å². The van der Waals surface area contributed by atoms with Crippen LogP contribution >= 0.6 is 11.6 Å². The van der Waals surface area contributed by atoms with Crippen molar-refractivity contribution in [3.8, 4) is 5.75 Å². The Kier molecular flexibility index (Phi) is 5.10. The molecule has 0 spiro atoms. The van der Waals surface area contributed by atoms with Crippen LogP contribution < -0.4 is 25.8 Å². The predicted octanol–water partition coefficient (Wildman–Crippen LogP) is 4.53. The molecule has 3 aromatic rings. The molecule has 0 radical (unpaired) electrons. The number of halogens is 3. The van der Waals surface area contributed by atoms with Crippen LogP contribution in [0.15, 0.2) is 35.3 Å². The van der Waals surface area contributed by atoms with Gasteiger partial charge in [0, 0.05) is 43.7 Å². The van der Waals surface area contributed by atoms with Gasteiger partial charge in [0.2, 0.25) is 5.75 Å². The number of nitrogens with one attached hydrogen (secondary N) is 2. The minimum Gasteiger partial charge on any atom is -0.480 e. The molecular formula is C26H26ClF2N5O3. The standard InChI is InChI=1S/C26H26ClF2N5O3/c1-33-20-5-4-14(31-19-8-21(30-9-18(19)27)34-10-15-7-16(11-34)37-15)6-17(20)22-23(25(33)35)36-12-26(28,29)24(32-22)13-2-3-13/h4-6,8-9,13,15-16,24,32H,2-3,7,10-12H2,1H3,(H,30,31)/t15?,16?,24-/m0/s1. The van der Waals surface area contributed by atoms with E-state index >= 15 is 0 Å². The fourth-order valence-corrected chi connectivity index (χ4v) is 5.83. The first-order chi connectivity index (χ1) is 17.8. The minimum absolute atomic E-state index is 0.0786. The van der Waals surface area contributed by atoms with Crippen LogP contribution in [-0.2, 0) is 11.8 Å². The second-order valence-corrected chi connectivity index (χ2v) is 10.9. The number of fused-ring (bicyclic) bond motifs is 5. The summed E-state index contributed by atoms with van der Waals surface area (Å²) in [4.78, 5) is 19.7. The van der Waals surface area contributed by atoms with Gasteiger partial charge in [0.1, 0.15) is 5.82 Å². The summed E-state index contributed by atoms with van der Waals surface area (Å²) in [6.07, 6.45) is 4.66. The van der Waals surface area contributed by atoms with Gasteiger partial charge in [-0.3, -0.25) is 4.79 Å². The first kappa shape index (κ1) is 23.0. The summed E-state index contributed by atoms with van der Waals surface area (Å²) in [6, 6.07) is 6.28. The average Bonchev–Trinajstić information content (AvgIpc) is 3.71. The van der Waals surface area contributed by atoms with Crippen LogP contribution in [0.1, 0.15) is 19.3 Å². The Bertz CT molecular complexity index is 1460. The second kappa shape index (κ2) is 8.19. The molecule has 37 heavy (non-hydrogen) atoms. The zero-order valence-electron chi connectivity index (χ0n) is 20.1. The van der Waals surface area contributed by atoms with Crippen molar-refractivity contribution in [1.82, 2.24) is 9.55 Å². The number of aromatic nitrogens is 2. The number of rotatable bonds is 4. The number of aryl methyl sites for hydroxylation is 1. The Morgan fingerprint density at radius 1 is 1.22 bits per heavy atom. The maximum Gasteiger partial charge on any atom is 0.301 e. The van der Waals surface area contributed by atoms with Crippen LogP contribution in [0.25, 0.3) is 10.9 Å². The lowest BCUT2D eigenvalue weighted by molar-refractivity contribution is -0.133. The molecule has 2 bridgehead atoms. The molecule has 2 N–H and O–H groups in total. The number of nitrogens with zero attached hydrogens (tertiary/aromatic N) is 3. The molecule has 1 aromatic carbocycles. The molecule has 4 aliphatic heterocycles.